The maximum Gasteiger partial charge on any atom is 0.162 e. The quantitative estimate of drug-likeness (QED) is 0.692. The molecule has 0 saturated heterocycles. The molecule has 1 fully saturated rings. The van der Waals surface area contributed by atoms with Crippen molar-refractivity contribution in [2.75, 3.05) is 0 Å². The fourth-order valence-electron chi connectivity index (χ4n) is 2.65. The molecule has 0 amide bonds. The van der Waals surface area contributed by atoms with Crippen molar-refractivity contribution in [3.8, 4) is 0 Å². The number of hydrogen-bond donors (Lipinski definition) is 0. The Morgan fingerprint density at radius 2 is 2.00 bits per heavy atom. The third-order valence-electron chi connectivity index (χ3n) is 3.69. The maximum atomic E-state index is 11.6. The second-order valence-corrected chi connectivity index (χ2v) is 5.26. The van der Waals surface area contributed by atoms with Gasteiger partial charge in [0.25, 0.3) is 0 Å². The Hall–Kier alpha value is -0.820. The highest BCUT2D eigenvalue weighted by molar-refractivity contribution is 6.31. The molecule has 92 valence electrons. The van der Waals surface area contributed by atoms with E-state index in [2.05, 4.69) is 6.07 Å². The van der Waals surface area contributed by atoms with Crippen LogP contribution in [0.2, 0.25) is 5.02 Å². The first kappa shape index (κ1) is 12.6. The number of carbonyl (C=O) groups is 1. The number of rotatable bonds is 3. The fraction of sp³-hybridized carbons (Fsp3) is 0.533. The summed E-state index contributed by atoms with van der Waals surface area (Å²) in [6.07, 6.45) is 6.97. The summed E-state index contributed by atoms with van der Waals surface area (Å²) in [7, 11) is 0. The van der Waals surface area contributed by atoms with Gasteiger partial charge in [-0.15, -0.1) is 0 Å². The molecule has 1 aliphatic carbocycles. The SMILES string of the molecule is CCC(=O)c1ccc(C2CCCCC2)c(Cl)c1. The van der Waals surface area contributed by atoms with Crippen LogP contribution in [-0.2, 0) is 0 Å². The molecule has 17 heavy (non-hydrogen) atoms. The molecule has 1 aromatic rings. The molecule has 1 saturated carbocycles. The fourth-order valence-corrected chi connectivity index (χ4v) is 2.98. The summed E-state index contributed by atoms with van der Waals surface area (Å²) in [5, 5.41) is 0.774. The zero-order chi connectivity index (χ0) is 12.3. The Morgan fingerprint density at radius 3 is 2.59 bits per heavy atom. The molecule has 0 heterocycles. The first-order valence-electron chi connectivity index (χ1n) is 6.55. The van der Waals surface area contributed by atoms with Crippen LogP contribution >= 0.6 is 11.6 Å². The molecule has 0 aliphatic heterocycles. The van der Waals surface area contributed by atoms with Crippen LogP contribution in [-0.4, -0.2) is 5.78 Å². The van der Waals surface area contributed by atoms with Gasteiger partial charge in [-0.05, 0) is 30.4 Å². The Bertz CT molecular complexity index is 405. The molecule has 0 aromatic heterocycles. The number of halogens is 1. The molecular formula is C15H19ClO. The first-order valence-corrected chi connectivity index (χ1v) is 6.92. The molecule has 0 N–H and O–H groups in total. The van der Waals surface area contributed by atoms with E-state index in [1.54, 1.807) is 0 Å². The molecule has 1 aliphatic rings. The van der Waals surface area contributed by atoms with Crippen molar-refractivity contribution >= 4 is 17.4 Å². The predicted octanol–water partition coefficient (Wildman–Crippen LogP) is 4.98. The number of carbonyl (C=O) groups excluding carboxylic acids is 1. The average molecular weight is 251 g/mol. The summed E-state index contributed by atoms with van der Waals surface area (Å²) >= 11 is 6.31. The highest BCUT2D eigenvalue weighted by Crippen LogP contribution is 2.36. The van der Waals surface area contributed by atoms with Gasteiger partial charge in [0.05, 0.1) is 0 Å². The third-order valence-corrected chi connectivity index (χ3v) is 4.02. The van der Waals surface area contributed by atoms with E-state index < -0.39 is 0 Å². The molecule has 0 bridgehead atoms. The molecule has 1 nitrogen and oxygen atoms in total. The van der Waals surface area contributed by atoms with Crippen LogP contribution in [0.25, 0.3) is 0 Å². The lowest BCUT2D eigenvalue weighted by Gasteiger charge is -2.23. The zero-order valence-electron chi connectivity index (χ0n) is 10.3. The molecule has 0 atom stereocenters. The topological polar surface area (TPSA) is 17.1 Å². The van der Waals surface area contributed by atoms with Gasteiger partial charge in [-0.2, -0.15) is 0 Å². The van der Waals surface area contributed by atoms with Crippen LogP contribution in [0.15, 0.2) is 18.2 Å². The summed E-state index contributed by atoms with van der Waals surface area (Å²) in [6, 6.07) is 5.83. The first-order chi connectivity index (χ1) is 8.22. The van der Waals surface area contributed by atoms with E-state index in [0.29, 0.717) is 12.3 Å². The van der Waals surface area contributed by atoms with Gasteiger partial charge in [0.15, 0.2) is 5.78 Å². The van der Waals surface area contributed by atoms with Crippen molar-refractivity contribution < 1.29 is 4.79 Å². The van der Waals surface area contributed by atoms with Crippen LogP contribution in [0.5, 0.6) is 0 Å². The monoisotopic (exact) mass is 250 g/mol. The summed E-state index contributed by atoms with van der Waals surface area (Å²) in [5.41, 5.74) is 1.98. The molecular weight excluding hydrogens is 232 g/mol. The van der Waals surface area contributed by atoms with E-state index in [1.165, 1.54) is 37.7 Å². The van der Waals surface area contributed by atoms with Crippen molar-refractivity contribution in [2.45, 2.75) is 51.4 Å². The Labute approximate surface area is 108 Å². The standard InChI is InChI=1S/C15H19ClO/c1-2-15(17)12-8-9-13(14(16)10-12)11-6-4-3-5-7-11/h8-11H,2-7H2,1H3. The third kappa shape index (κ3) is 2.90. The van der Waals surface area contributed by atoms with Crippen molar-refractivity contribution in [3.05, 3.63) is 34.3 Å². The maximum absolute atomic E-state index is 11.6. The number of benzene rings is 1. The molecule has 0 radical (unpaired) electrons. The summed E-state index contributed by atoms with van der Waals surface area (Å²) in [6.45, 7) is 1.88. The van der Waals surface area contributed by atoms with Gasteiger partial charge in [-0.3, -0.25) is 4.79 Å². The summed E-state index contributed by atoms with van der Waals surface area (Å²) < 4.78 is 0. The zero-order valence-corrected chi connectivity index (χ0v) is 11.1. The Kier molecular flexibility index (Phi) is 4.22. The van der Waals surface area contributed by atoms with Gasteiger partial charge in [0.2, 0.25) is 0 Å². The highest BCUT2D eigenvalue weighted by atomic mass is 35.5. The largest absolute Gasteiger partial charge is 0.294 e. The molecule has 1 aromatic carbocycles. The Morgan fingerprint density at radius 1 is 1.29 bits per heavy atom. The minimum absolute atomic E-state index is 0.169. The van der Waals surface area contributed by atoms with E-state index in [1.807, 2.05) is 19.1 Å². The minimum Gasteiger partial charge on any atom is -0.294 e. The van der Waals surface area contributed by atoms with Crippen molar-refractivity contribution in [3.63, 3.8) is 0 Å². The van der Waals surface area contributed by atoms with Gasteiger partial charge >= 0.3 is 0 Å². The lowest BCUT2D eigenvalue weighted by molar-refractivity contribution is 0.0988. The van der Waals surface area contributed by atoms with Crippen molar-refractivity contribution in [2.24, 2.45) is 0 Å². The summed E-state index contributed by atoms with van der Waals surface area (Å²) in [5.74, 6) is 0.768. The van der Waals surface area contributed by atoms with Crippen LogP contribution in [0.4, 0.5) is 0 Å². The number of hydrogen-bond acceptors (Lipinski definition) is 1. The number of ketones is 1. The minimum atomic E-state index is 0.169. The molecule has 0 spiro atoms. The predicted molar refractivity (Wildman–Crippen MR) is 71.9 cm³/mol. The van der Waals surface area contributed by atoms with Crippen LogP contribution < -0.4 is 0 Å². The van der Waals surface area contributed by atoms with Gasteiger partial charge in [0.1, 0.15) is 0 Å². The smallest absolute Gasteiger partial charge is 0.162 e. The van der Waals surface area contributed by atoms with Crippen LogP contribution in [0, 0.1) is 0 Å². The van der Waals surface area contributed by atoms with Gasteiger partial charge in [0, 0.05) is 17.0 Å². The second-order valence-electron chi connectivity index (χ2n) is 4.85. The second kappa shape index (κ2) is 5.68. The van der Waals surface area contributed by atoms with E-state index in [9.17, 15) is 4.79 Å². The Balaban J connectivity index is 2.21. The molecule has 2 rings (SSSR count). The van der Waals surface area contributed by atoms with E-state index in [-0.39, 0.29) is 5.78 Å². The van der Waals surface area contributed by atoms with Crippen LogP contribution in [0.1, 0.15) is 67.3 Å². The normalized spacial score (nSPS) is 17.1. The van der Waals surface area contributed by atoms with Crippen molar-refractivity contribution in [1.29, 1.82) is 0 Å². The van der Waals surface area contributed by atoms with Gasteiger partial charge in [-0.25, -0.2) is 0 Å². The number of Topliss-reactive ketones (excluding diaryl/α,β-unsaturated/α-hetero) is 1. The summed E-state index contributed by atoms with van der Waals surface area (Å²) in [4.78, 5) is 11.6. The highest BCUT2D eigenvalue weighted by Gasteiger charge is 2.18. The van der Waals surface area contributed by atoms with E-state index in [4.69, 9.17) is 11.6 Å². The van der Waals surface area contributed by atoms with E-state index in [0.717, 1.165) is 10.6 Å². The average Bonchev–Trinajstić information content (AvgIpc) is 2.38. The van der Waals surface area contributed by atoms with E-state index >= 15 is 0 Å². The van der Waals surface area contributed by atoms with Crippen LogP contribution in [0.3, 0.4) is 0 Å². The van der Waals surface area contributed by atoms with Crippen molar-refractivity contribution in [1.82, 2.24) is 0 Å². The lowest BCUT2D eigenvalue weighted by Crippen LogP contribution is -2.06. The van der Waals surface area contributed by atoms with Gasteiger partial charge in [-0.1, -0.05) is 49.9 Å². The molecule has 2 heteroatoms. The van der Waals surface area contributed by atoms with Gasteiger partial charge < -0.3 is 0 Å². The lowest BCUT2D eigenvalue weighted by atomic mass is 9.83. The molecule has 0 unspecified atom stereocenters.